The average Bonchev–Trinajstić information content (AvgIpc) is 2.28. The first-order chi connectivity index (χ1) is 8.63. The van der Waals surface area contributed by atoms with Gasteiger partial charge in [0.05, 0.1) is 5.69 Å². The van der Waals surface area contributed by atoms with Gasteiger partial charge in [-0.3, -0.25) is 5.32 Å². The van der Waals surface area contributed by atoms with Crippen LogP contribution in [0.25, 0.3) is 0 Å². The minimum Gasteiger partial charge on any atom is -0.272 e. The Morgan fingerprint density at radius 3 is 2.61 bits per heavy atom. The van der Waals surface area contributed by atoms with Gasteiger partial charge in [0.25, 0.3) is 5.82 Å². The fourth-order valence-corrected chi connectivity index (χ4v) is 1.54. The molecule has 2 heterocycles. The molecule has 5 nitrogen and oxygen atoms in total. The molecule has 0 saturated carbocycles. The Labute approximate surface area is 105 Å². The lowest BCUT2D eigenvalue weighted by Crippen LogP contribution is -2.25. The number of pyridine rings is 2. The zero-order valence-corrected chi connectivity index (χ0v) is 10.3. The van der Waals surface area contributed by atoms with E-state index in [-0.39, 0.29) is 6.03 Å². The Morgan fingerprint density at radius 2 is 1.89 bits per heavy atom. The Kier molecular flexibility index (Phi) is 3.52. The van der Waals surface area contributed by atoms with Crippen LogP contribution in [0.1, 0.15) is 11.4 Å². The number of hydrogen-bond donors (Lipinski definition) is 2. The molecule has 0 spiro atoms. The van der Waals surface area contributed by atoms with Crippen molar-refractivity contribution < 1.29 is 9.78 Å². The zero-order chi connectivity index (χ0) is 13.0. The molecule has 0 aliphatic rings. The fourth-order valence-electron chi connectivity index (χ4n) is 1.54. The summed E-state index contributed by atoms with van der Waals surface area (Å²) in [7, 11) is 0. The van der Waals surface area contributed by atoms with Crippen LogP contribution in [0.15, 0.2) is 36.4 Å². The molecule has 5 heteroatoms. The number of hydrogen-bond acceptors (Lipinski definition) is 2. The van der Waals surface area contributed by atoms with Crippen LogP contribution in [0, 0.1) is 13.8 Å². The van der Waals surface area contributed by atoms with Gasteiger partial charge in [-0.2, -0.15) is 5.32 Å². The van der Waals surface area contributed by atoms with E-state index in [4.69, 9.17) is 0 Å². The summed E-state index contributed by atoms with van der Waals surface area (Å²) in [6.45, 7) is 3.79. The van der Waals surface area contributed by atoms with Crippen molar-refractivity contribution >= 4 is 17.7 Å². The highest BCUT2D eigenvalue weighted by Crippen LogP contribution is 2.05. The second kappa shape index (κ2) is 5.27. The summed E-state index contributed by atoms with van der Waals surface area (Å²) in [6.07, 6.45) is 0. The van der Waals surface area contributed by atoms with Crippen molar-refractivity contribution in [2.45, 2.75) is 13.8 Å². The summed E-state index contributed by atoms with van der Waals surface area (Å²) in [5.74, 6) is 1.17. The number of aromatic nitrogens is 2. The van der Waals surface area contributed by atoms with Crippen LogP contribution in [0.2, 0.25) is 0 Å². The molecule has 92 valence electrons. The smallest absolute Gasteiger partial charge is 0.272 e. The van der Waals surface area contributed by atoms with Crippen molar-refractivity contribution in [1.29, 1.82) is 0 Å². The highest BCUT2D eigenvalue weighted by Gasteiger charge is 2.10. The first kappa shape index (κ1) is 12.0. The van der Waals surface area contributed by atoms with Gasteiger partial charge in [-0.25, -0.2) is 14.8 Å². The molecule has 0 saturated heterocycles. The van der Waals surface area contributed by atoms with Crippen LogP contribution in [0.4, 0.5) is 16.4 Å². The van der Waals surface area contributed by atoms with Crippen LogP contribution in [0.5, 0.6) is 0 Å². The molecule has 0 unspecified atom stereocenters. The molecule has 0 radical (unpaired) electrons. The van der Waals surface area contributed by atoms with Crippen molar-refractivity contribution in [3.05, 3.63) is 47.8 Å². The number of anilines is 2. The lowest BCUT2D eigenvalue weighted by molar-refractivity contribution is -0.370. The Balaban J connectivity index is 2.01. The van der Waals surface area contributed by atoms with E-state index in [1.807, 2.05) is 38.1 Å². The summed E-state index contributed by atoms with van der Waals surface area (Å²) < 4.78 is 0. The number of urea groups is 1. The molecule has 2 amide bonds. The predicted molar refractivity (Wildman–Crippen MR) is 69.4 cm³/mol. The van der Waals surface area contributed by atoms with Gasteiger partial charge in [0.2, 0.25) is 0 Å². The van der Waals surface area contributed by atoms with Gasteiger partial charge in [-0.1, -0.05) is 12.1 Å². The lowest BCUT2D eigenvalue weighted by atomic mass is 10.4. The van der Waals surface area contributed by atoms with E-state index >= 15 is 0 Å². The van der Waals surface area contributed by atoms with E-state index in [9.17, 15) is 4.79 Å². The summed E-state index contributed by atoms with van der Waals surface area (Å²) in [5, 5.41) is 5.37. The maximum atomic E-state index is 11.7. The largest absolute Gasteiger partial charge is 0.412 e. The highest BCUT2D eigenvalue weighted by atomic mass is 16.2. The van der Waals surface area contributed by atoms with Gasteiger partial charge in [0.1, 0.15) is 5.82 Å². The van der Waals surface area contributed by atoms with E-state index in [2.05, 4.69) is 20.6 Å². The summed E-state index contributed by atoms with van der Waals surface area (Å²) in [6, 6.07) is 10.7. The van der Waals surface area contributed by atoms with Gasteiger partial charge < -0.3 is 0 Å². The molecule has 2 aromatic rings. The van der Waals surface area contributed by atoms with E-state index < -0.39 is 0 Å². The van der Waals surface area contributed by atoms with Crippen LogP contribution in [0.3, 0.4) is 0 Å². The van der Waals surface area contributed by atoms with Gasteiger partial charge in [-0.15, -0.1) is 0 Å². The quantitative estimate of drug-likeness (QED) is 0.848. The van der Waals surface area contributed by atoms with Crippen LogP contribution < -0.4 is 15.6 Å². The molecular formula is C13H15N4O+. The number of amides is 2. The SMILES string of the molecule is Cc1cccc(NC(=O)Nc2cccc(C)[nH+]2)n1. The van der Waals surface area contributed by atoms with Crippen LogP contribution in [-0.2, 0) is 0 Å². The number of aromatic amines is 1. The number of H-pyrrole nitrogens is 1. The van der Waals surface area contributed by atoms with E-state index in [0.29, 0.717) is 11.6 Å². The summed E-state index contributed by atoms with van der Waals surface area (Å²) in [5.41, 5.74) is 1.83. The molecule has 0 aromatic carbocycles. The number of rotatable bonds is 2. The normalized spacial score (nSPS) is 9.89. The van der Waals surface area contributed by atoms with Gasteiger partial charge in [0, 0.05) is 11.8 Å². The summed E-state index contributed by atoms with van der Waals surface area (Å²) >= 11 is 0. The van der Waals surface area contributed by atoms with Crippen molar-refractivity contribution in [3.63, 3.8) is 0 Å². The van der Waals surface area contributed by atoms with Crippen LogP contribution >= 0.6 is 0 Å². The van der Waals surface area contributed by atoms with E-state index in [1.165, 1.54) is 0 Å². The maximum absolute atomic E-state index is 11.7. The first-order valence-electron chi connectivity index (χ1n) is 5.64. The fraction of sp³-hybridized carbons (Fsp3) is 0.154. The molecule has 0 bridgehead atoms. The maximum Gasteiger partial charge on any atom is 0.412 e. The summed E-state index contributed by atoms with van der Waals surface area (Å²) in [4.78, 5) is 19.0. The van der Waals surface area contributed by atoms with E-state index in [1.54, 1.807) is 12.1 Å². The Morgan fingerprint density at radius 1 is 1.11 bits per heavy atom. The average molecular weight is 243 g/mol. The van der Waals surface area contributed by atoms with Gasteiger partial charge in [0.15, 0.2) is 0 Å². The molecule has 2 aromatic heterocycles. The predicted octanol–water partition coefficient (Wildman–Crippen LogP) is 2.16. The Hall–Kier alpha value is -2.43. The number of carbonyl (C=O) groups excluding carboxylic acids is 1. The molecule has 2 rings (SSSR count). The van der Waals surface area contributed by atoms with Crippen molar-refractivity contribution in [3.8, 4) is 0 Å². The third-order valence-corrected chi connectivity index (χ3v) is 2.32. The molecular weight excluding hydrogens is 228 g/mol. The Bertz CT molecular complexity index is 519. The second-order valence-electron chi connectivity index (χ2n) is 3.99. The molecule has 0 fully saturated rings. The topological polar surface area (TPSA) is 68.2 Å². The van der Waals surface area contributed by atoms with Gasteiger partial charge in [-0.05, 0) is 32.0 Å². The monoisotopic (exact) mass is 243 g/mol. The first-order valence-corrected chi connectivity index (χ1v) is 5.64. The third kappa shape index (κ3) is 3.28. The minimum atomic E-state index is -0.324. The number of nitrogens with one attached hydrogen (secondary N) is 3. The van der Waals surface area contributed by atoms with E-state index in [0.717, 1.165) is 11.4 Å². The molecule has 0 aliphatic heterocycles. The van der Waals surface area contributed by atoms with Crippen molar-refractivity contribution in [2.75, 3.05) is 10.6 Å². The minimum absolute atomic E-state index is 0.324. The number of aryl methyl sites for hydroxylation is 2. The molecule has 18 heavy (non-hydrogen) atoms. The van der Waals surface area contributed by atoms with Gasteiger partial charge >= 0.3 is 6.03 Å². The molecule has 3 N–H and O–H groups in total. The number of nitrogens with zero attached hydrogens (tertiary/aromatic N) is 1. The van der Waals surface area contributed by atoms with Crippen molar-refractivity contribution in [2.24, 2.45) is 0 Å². The molecule has 0 aliphatic carbocycles. The standard InChI is InChI=1S/C13H14N4O/c1-9-5-3-7-11(14-9)16-13(18)17-12-8-4-6-10(2)15-12/h3-8H,1-2H3,(H2,14,15,16,17,18)/p+1. The molecule has 0 atom stereocenters. The lowest BCUT2D eigenvalue weighted by Gasteiger charge is -2.02. The third-order valence-electron chi connectivity index (χ3n) is 2.32. The second-order valence-corrected chi connectivity index (χ2v) is 3.99. The van der Waals surface area contributed by atoms with Crippen molar-refractivity contribution in [1.82, 2.24) is 4.98 Å². The van der Waals surface area contributed by atoms with Crippen LogP contribution in [-0.4, -0.2) is 11.0 Å². The zero-order valence-electron chi connectivity index (χ0n) is 10.3. The highest BCUT2D eigenvalue weighted by molar-refractivity contribution is 5.98. The number of carbonyl (C=O) groups is 1.